The van der Waals surface area contributed by atoms with Crippen molar-refractivity contribution in [2.75, 3.05) is 12.5 Å². The highest BCUT2D eigenvalue weighted by atomic mass is 35.5. The summed E-state index contributed by atoms with van der Waals surface area (Å²) in [5, 5.41) is 0.358. The van der Waals surface area contributed by atoms with Crippen LogP contribution < -0.4 is 0 Å². The molecule has 1 atom stereocenters. The van der Waals surface area contributed by atoms with Crippen LogP contribution in [0.1, 0.15) is 26.3 Å². The Bertz CT molecular complexity index is 832. The molecular formula is C18H12Cl2O4. The van der Waals surface area contributed by atoms with Crippen molar-refractivity contribution in [3.63, 3.8) is 0 Å². The van der Waals surface area contributed by atoms with Crippen molar-refractivity contribution < 1.29 is 19.1 Å². The third-order valence-electron chi connectivity index (χ3n) is 4.07. The summed E-state index contributed by atoms with van der Waals surface area (Å²) in [6.07, 6.45) is 0. The zero-order chi connectivity index (χ0) is 17.3. The number of hydrogen-bond donors (Lipinski definition) is 0. The second kappa shape index (κ2) is 6.38. The fourth-order valence-electron chi connectivity index (χ4n) is 2.89. The number of rotatable bonds is 4. The van der Waals surface area contributed by atoms with Gasteiger partial charge in [-0.2, -0.15) is 0 Å². The number of alkyl halides is 1. The van der Waals surface area contributed by atoms with Gasteiger partial charge in [0.2, 0.25) is 0 Å². The van der Waals surface area contributed by atoms with Gasteiger partial charge in [-0.05, 0) is 23.8 Å². The normalized spacial score (nSPS) is 19.2. The molecule has 0 fully saturated rings. The molecule has 1 aliphatic carbocycles. The molecule has 2 aromatic carbocycles. The van der Waals surface area contributed by atoms with Crippen LogP contribution >= 0.6 is 23.2 Å². The smallest absolute Gasteiger partial charge is 0.320 e. The highest BCUT2D eigenvalue weighted by Crippen LogP contribution is 2.41. The van der Waals surface area contributed by atoms with Gasteiger partial charge in [-0.1, -0.05) is 41.9 Å². The fraction of sp³-hybridized carbons (Fsp3) is 0.167. The Morgan fingerprint density at radius 1 is 1.00 bits per heavy atom. The maximum atomic E-state index is 13.1. The Morgan fingerprint density at radius 2 is 1.67 bits per heavy atom. The molecule has 6 heteroatoms. The van der Waals surface area contributed by atoms with Crippen LogP contribution in [0.5, 0.6) is 0 Å². The number of carbonyl (C=O) groups is 3. The summed E-state index contributed by atoms with van der Waals surface area (Å²) in [6.45, 7) is -0.396. The Kier molecular flexibility index (Phi) is 4.43. The molecule has 0 heterocycles. The van der Waals surface area contributed by atoms with E-state index in [1.54, 1.807) is 36.4 Å². The lowest BCUT2D eigenvalue weighted by atomic mass is 9.76. The van der Waals surface area contributed by atoms with Crippen molar-refractivity contribution in [3.05, 3.63) is 70.2 Å². The highest BCUT2D eigenvalue weighted by molar-refractivity contribution is 6.36. The standard InChI is InChI=1S/C18H12Cl2O4/c19-9-15(21)24-10-18(11-4-2-1-3-5-11)16(22)13-7-6-12(20)8-14(13)17(18)23/h1-8H,9-10H2. The molecule has 1 aliphatic rings. The van der Waals surface area contributed by atoms with E-state index in [2.05, 4.69) is 0 Å². The van der Waals surface area contributed by atoms with Gasteiger partial charge in [0, 0.05) is 16.1 Å². The number of Topliss-reactive ketones (excluding diaryl/α,β-unsaturated/α-hetero) is 2. The highest BCUT2D eigenvalue weighted by Gasteiger charge is 2.55. The maximum absolute atomic E-state index is 13.1. The predicted molar refractivity (Wildman–Crippen MR) is 89.9 cm³/mol. The minimum absolute atomic E-state index is 0.235. The van der Waals surface area contributed by atoms with E-state index < -0.39 is 29.6 Å². The number of hydrogen-bond acceptors (Lipinski definition) is 4. The average Bonchev–Trinajstić information content (AvgIpc) is 2.82. The first kappa shape index (κ1) is 16.7. The van der Waals surface area contributed by atoms with E-state index >= 15 is 0 Å². The van der Waals surface area contributed by atoms with E-state index in [1.807, 2.05) is 0 Å². The Balaban J connectivity index is 2.15. The van der Waals surface area contributed by atoms with Crippen molar-refractivity contribution in [1.82, 2.24) is 0 Å². The molecule has 4 nitrogen and oxygen atoms in total. The van der Waals surface area contributed by atoms with Crippen LogP contribution in [-0.2, 0) is 14.9 Å². The van der Waals surface area contributed by atoms with Crippen molar-refractivity contribution >= 4 is 40.7 Å². The van der Waals surface area contributed by atoms with Gasteiger partial charge < -0.3 is 4.74 Å². The molecule has 3 rings (SSSR count). The molecule has 0 aliphatic heterocycles. The molecule has 0 aromatic heterocycles. The first-order valence-electron chi connectivity index (χ1n) is 7.17. The van der Waals surface area contributed by atoms with Gasteiger partial charge in [-0.3, -0.25) is 14.4 Å². The van der Waals surface area contributed by atoms with Gasteiger partial charge in [0.1, 0.15) is 12.5 Å². The van der Waals surface area contributed by atoms with Gasteiger partial charge in [0.15, 0.2) is 17.0 Å². The Hall–Kier alpha value is -2.17. The molecule has 1 unspecified atom stereocenters. The molecule has 0 saturated carbocycles. The average molecular weight is 363 g/mol. The van der Waals surface area contributed by atoms with E-state index in [-0.39, 0.29) is 17.0 Å². The molecule has 0 radical (unpaired) electrons. The molecule has 24 heavy (non-hydrogen) atoms. The SMILES string of the molecule is O=C(CCl)OCC1(c2ccccc2)C(=O)c2ccc(Cl)cc2C1=O. The Morgan fingerprint density at radius 3 is 2.33 bits per heavy atom. The number of benzene rings is 2. The molecule has 0 saturated heterocycles. The third-order valence-corrected chi connectivity index (χ3v) is 4.52. The predicted octanol–water partition coefficient (Wildman–Crippen LogP) is 3.44. The molecule has 0 spiro atoms. The van der Waals surface area contributed by atoms with Crippen LogP contribution in [0.3, 0.4) is 0 Å². The first-order valence-corrected chi connectivity index (χ1v) is 8.08. The quantitative estimate of drug-likeness (QED) is 0.474. The first-order chi connectivity index (χ1) is 11.5. The number of ketones is 2. The lowest BCUT2D eigenvalue weighted by Gasteiger charge is -2.25. The molecular weight excluding hydrogens is 351 g/mol. The topological polar surface area (TPSA) is 60.4 Å². The molecule has 0 amide bonds. The van der Waals surface area contributed by atoms with Crippen LogP contribution in [0.4, 0.5) is 0 Å². The van der Waals surface area contributed by atoms with Crippen molar-refractivity contribution in [3.8, 4) is 0 Å². The van der Waals surface area contributed by atoms with Gasteiger partial charge in [0.25, 0.3) is 0 Å². The minimum Gasteiger partial charge on any atom is -0.463 e. The van der Waals surface area contributed by atoms with Crippen molar-refractivity contribution in [2.45, 2.75) is 5.41 Å². The van der Waals surface area contributed by atoms with E-state index in [4.69, 9.17) is 27.9 Å². The van der Waals surface area contributed by atoms with Gasteiger partial charge in [-0.25, -0.2) is 0 Å². The maximum Gasteiger partial charge on any atom is 0.320 e. The van der Waals surface area contributed by atoms with Crippen LogP contribution in [0.15, 0.2) is 48.5 Å². The van der Waals surface area contributed by atoms with E-state index in [0.717, 1.165) is 0 Å². The number of esters is 1. The third kappa shape index (κ3) is 2.52. The number of ether oxygens (including phenoxy) is 1. The van der Waals surface area contributed by atoms with Crippen molar-refractivity contribution in [1.29, 1.82) is 0 Å². The van der Waals surface area contributed by atoms with Crippen LogP contribution in [-0.4, -0.2) is 30.0 Å². The molecule has 0 N–H and O–H groups in total. The minimum atomic E-state index is -1.60. The summed E-state index contributed by atoms with van der Waals surface area (Å²) in [6, 6.07) is 13.1. The number of fused-ring (bicyclic) bond motifs is 1. The summed E-state index contributed by atoms with van der Waals surface area (Å²) in [5.74, 6) is -1.89. The van der Waals surface area contributed by atoms with Gasteiger partial charge in [-0.15, -0.1) is 11.6 Å². The monoisotopic (exact) mass is 362 g/mol. The molecule has 2 aromatic rings. The molecule has 0 bridgehead atoms. The largest absolute Gasteiger partial charge is 0.463 e. The van der Waals surface area contributed by atoms with Gasteiger partial charge in [0.05, 0.1) is 0 Å². The van der Waals surface area contributed by atoms with Crippen LogP contribution in [0.2, 0.25) is 5.02 Å². The van der Waals surface area contributed by atoms with E-state index in [1.165, 1.54) is 12.1 Å². The molecule has 122 valence electrons. The second-order valence-corrected chi connectivity index (χ2v) is 6.12. The summed E-state index contributed by atoms with van der Waals surface area (Å²) in [7, 11) is 0. The van der Waals surface area contributed by atoms with Crippen LogP contribution in [0.25, 0.3) is 0 Å². The lowest BCUT2D eigenvalue weighted by molar-refractivity contribution is -0.141. The summed E-state index contributed by atoms with van der Waals surface area (Å²) >= 11 is 11.4. The lowest BCUT2D eigenvalue weighted by Crippen LogP contribution is -2.43. The van der Waals surface area contributed by atoms with Crippen LogP contribution in [0, 0.1) is 0 Å². The number of halogens is 2. The fourth-order valence-corrected chi connectivity index (χ4v) is 3.14. The second-order valence-electron chi connectivity index (χ2n) is 5.41. The summed E-state index contributed by atoms with van der Waals surface area (Å²) in [4.78, 5) is 37.6. The zero-order valence-electron chi connectivity index (χ0n) is 12.4. The van der Waals surface area contributed by atoms with Crippen molar-refractivity contribution in [2.24, 2.45) is 0 Å². The number of carbonyl (C=O) groups excluding carboxylic acids is 3. The Labute approximate surface area is 148 Å². The van der Waals surface area contributed by atoms with E-state index in [9.17, 15) is 14.4 Å². The summed E-state index contributed by atoms with van der Waals surface area (Å²) in [5.41, 5.74) is -0.626. The zero-order valence-corrected chi connectivity index (χ0v) is 13.9. The van der Waals surface area contributed by atoms with E-state index in [0.29, 0.717) is 10.6 Å². The van der Waals surface area contributed by atoms with Gasteiger partial charge >= 0.3 is 5.97 Å². The summed E-state index contributed by atoms with van der Waals surface area (Å²) < 4.78 is 5.09.